The topological polar surface area (TPSA) is 21.3 Å². The maximum Gasteiger partial charge on any atom is 0.0510 e. The lowest BCUT2D eigenvalue weighted by molar-refractivity contribution is 0.176. The van der Waals surface area contributed by atoms with Crippen molar-refractivity contribution < 1.29 is 4.74 Å². The van der Waals surface area contributed by atoms with Crippen molar-refractivity contribution in [2.75, 3.05) is 19.8 Å². The molecule has 2 rings (SSSR count). The third kappa shape index (κ3) is 3.55. The second-order valence-corrected chi connectivity index (χ2v) is 4.98. The number of ether oxygens (including phenoxy) is 1. The van der Waals surface area contributed by atoms with Crippen molar-refractivity contribution in [3.05, 3.63) is 35.4 Å². The molecule has 1 heterocycles. The first-order valence-corrected chi connectivity index (χ1v) is 6.66. The molecule has 0 spiro atoms. The summed E-state index contributed by atoms with van der Waals surface area (Å²) in [6.45, 7) is 7.20. The standard InChI is InChI=1S/C15H23NO/c1-3-16-15(14-8-9-17-11-14)10-13-6-4-12(2)5-7-13/h4-7,14-16H,3,8-11H2,1-2H3. The van der Waals surface area contributed by atoms with Crippen molar-refractivity contribution in [2.24, 2.45) is 5.92 Å². The summed E-state index contributed by atoms with van der Waals surface area (Å²) in [5, 5.41) is 3.61. The van der Waals surface area contributed by atoms with E-state index in [-0.39, 0.29) is 0 Å². The molecule has 2 unspecified atom stereocenters. The monoisotopic (exact) mass is 233 g/mol. The number of likely N-dealkylation sites (N-methyl/N-ethyl adjacent to an activating group) is 1. The Labute approximate surface area is 104 Å². The molecule has 2 nitrogen and oxygen atoms in total. The van der Waals surface area contributed by atoms with Crippen LogP contribution in [0.4, 0.5) is 0 Å². The molecular formula is C15H23NO. The largest absolute Gasteiger partial charge is 0.381 e. The van der Waals surface area contributed by atoms with E-state index in [9.17, 15) is 0 Å². The van der Waals surface area contributed by atoms with Crippen LogP contribution in [-0.2, 0) is 11.2 Å². The minimum Gasteiger partial charge on any atom is -0.381 e. The Bertz CT molecular complexity index is 327. The van der Waals surface area contributed by atoms with Crippen LogP contribution in [0.5, 0.6) is 0 Å². The maximum atomic E-state index is 5.50. The molecule has 0 aliphatic carbocycles. The maximum absolute atomic E-state index is 5.50. The van der Waals surface area contributed by atoms with Gasteiger partial charge in [-0.05, 0) is 31.9 Å². The molecule has 0 amide bonds. The van der Waals surface area contributed by atoms with Gasteiger partial charge in [0.25, 0.3) is 0 Å². The predicted octanol–water partition coefficient (Wildman–Crippen LogP) is 2.55. The molecule has 94 valence electrons. The molecule has 0 radical (unpaired) electrons. The van der Waals surface area contributed by atoms with Crippen molar-refractivity contribution in [3.8, 4) is 0 Å². The zero-order valence-electron chi connectivity index (χ0n) is 10.9. The highest BCUT2D eigenvalue weighted by atomic mass is 16.5. The Morgan fingerprint density at radius 1 is 1.35 bits per heavy atom. The summed E-state index contributed by atoms with van der Waals surface area (Å²) in [7, 11) is 0. The summed E-state index contributed by atoms with van der Waals surface area (Å²) in [6, 6.07) is 9.45. The summed E-state index contributed by atoms with van der Waals surface area (Å²) >= 11 is 0. The molecule has 0 bridgehead atoms. The van der Waals surface area contributed by atoms with Gasteiger partial charge in [0.2, 0.25) is 0 Å². The highest BCUT2D eigenvalue weighted by molar-refractivity contribution is 5.22. The van der Waals surface area contributed by atoms with Gasteiger partial charge in [0.15, 0.2) is 0 Å². The fourth-order valence-corrected chi connectivity index (χ4v) is 2.52. The number of aryl methyl sites for hydroxylation is 1. The van der Waals surface area contributed by atoms with Crippen LogP contribution in [0, 0.1) is 12.8 Å². The lowest BCUT2D eigenvalue weighted by Crippen LogP contribution is -2.38. The number of hydrogen-bond acceptors (Lipinski definition) is 2. The van der Waals surface area contributed by atoms with Gasteiger partial charge in [-0.3, -0.25) is 0 Å². The Hall–Kier alpha value is -0.860. The van der Waals surface area contributed by atoms with Crippen molar-refractivity contribution in [1.29, 1.82) is 0 Å². The molecule has 1 aromatic carbocycles. The lowest BCUT2D eigenvalue weighted by Gasteiger charge is -2.23. The second kappa shape index (κ2) is 6.18. The first-order valence-electron chi connectivity index (χ1n) is 6.66. The molecule has 1 aromatic rings. The first-order chi connectivity index (χ1) is 8.29. The Kier molecular flexibility index (Phi) is 4.57. The van der Waals surface area contributed by atoms with E-state index >= 15 is 0 Å². The summed E-state index contributed by atoms with van der Waals surface area (Å²) in [5.74, 6) is 0.677. The molecule has 1 aliphatic heterocycles. The van der Waals surface area contributed by atoms with Crippen molar-refractivity contribution in [2.45, 2.75) is 32.7 Å². The van der Waals surface area contributed by atoms with Crippen LogP contribution in [0.25, 0.3) is 0 Å². The molecule has 1 N–H and O–H groups in total. The summed E-state index contributed by atoms with van der Waals surface area (Å²) < 4.78 is 5.50. The molecule has 1 aliphatic rings. The van der Waals surface area contributed by atoms with Gasteiger partial charge in [-0.2, -0.15) is 0 Å². The van der Waals surface area contributed by atoms with Gasteiger partial charge in [-0.1, -0.05) is 36.8 Å². The van der Waals surface area contributed by atoms with Crippen molar-refractivity contribution in [3.63, 3.8) is 0 Å². The van der Waals surface area contributed by atoms with Gasteiger partial charge in [0.1, 0.15) is 0 Å². The Balaban J connectivity index is 1.98. The number of nitrogens with one attached hydrogen (secondary N) is 1. The third-order valence-corrected chi connectivity index (χ3v) is 3.58. The molecule has 2 heteroatoms. The van der Waals surface area contributed by atoms with Crippen molar-refractivity contribution in [1.82, 2.24) is 5.32 Å². The average molecular weight is 233 g/mol. The van der Waals surface area contributed by atoms with Gasteiger partial charge in [-0.15, -0.1) is 0 Å². The quantitative estimate of drug-likeness (QED) is 0.844. The van der Waals surface area contributed by atoms with E-state index in [1.54, 1.807) is 0 Å². The highest BCUT2D eigenvalue weighted by Gasteiger charge is 2.24. The normalized spacial score (nSPS) is 21.6. The zero-order chi connectivity index (χ0) is 12.1. The summed E-state index contributed by atoms with van der Waals surface area (Å²) in [4.78, 5) is 0. The minimum absolute atomic E-state index is 0.560. The lowest BCUT2D eigenvalue weighted by atomic mass is 9.92. The van der Waals surface area contributed by atoms with Crippen LogP contribution in [0.1, 0.15) is 24.5 Å². The van der Waals surface area contributed by atoms with Gasteiger partial charge < -0.3 is 10.1 Å². The second-order valence-electron chi connectivity index (χ2n) is 4.98. The van der Waals surface area contributed by atoms with E-state index in [4.69, 9.17) is 4.74 Å². The smallest absolute Gasteiger partial charge is 0.0510 e. The van der Waals surface area contributed by atoms with E-state index < -0.39 is 0 Å². The van der Waals surface area contributed by atoms with Gasteiger partial charge >= 0.3 is 0 Å². The van der Waals surface area contributed by atoms with E-state index in [1.807, 2.05) is 0 Å². The van der Waals surface area contributed by atoms with Gasteiger partial charge in [0.05, 0.1) is 6.61 Å². The van der Waals surface area contributed by atoms with Crippen LogP contribution in [0.3, 0.4) is 0 Å². The number of benzene rings is 1. The predicted molar refractivity (Wildman–Crippen MR) is 71.3 cm³/mol. The van der Waals surface area contributed by atoms with Crippen LogP contribution < -0.4 is 5.32 Å². The third-order valence-electron chi connectivity index (χ3n) is 3.58. The molecule has 1 fully saturated rings. The van der Waals surface area contributed by atoms with Gasteiger partial charge in [0, 0.05) is 18.6 Å². The highest BCUT2D eigenvalue weighted by Crippen LogP contribution is 2.20. The Morgan fingerprint density at radius 3 is 2.71 bits per heavy atom. The molecule has 0 saturated carbocycles. The number of hydrogen-bond donors (Lipinski definition) is 1. The van der Waals surface area contributed by atoms with Crippen LogP contribution in [0.2, 0.25) is 0 Å². The summed E-state index contributed by atoms with van der Waals surface area (Å²) in [5.41, 5.74) is 2.76. The molecular weight excluding hydrogens is 210 g/mol. The van der Waals surface area contributed by atoms with Crippen molar-refractivity contribution >= 4 is 0 Å². The van der Waals surface area contributed by atoms with E-state index in [2.05, 4.69) is 43.4 Å². The molecule has 2 atom stereocenters. The minimum atomic E-state index is 0.560. The van der Waals surface area contributed by atoms with E-state index in [1.165, 1.54) is 17.5 Å². The first kappa shape index (κ1) is 12.6. The molecule has 1 saturated heterocycles. The number of rotatable bonds is 5. The SMILES string of the molecule is CCNC(Cc1ccc(C)cc1)C1CCOC1. The van der Waals surface area contributed by atoms with Crippen LogP contribution in [-0.4, -0.2) is 25.8 Å². The fraction of sp³-hybridized carbons (Fsp3) is 0.600. The fourth-order valence-electron chi connectivity index (χ4n) is 2.52. The van der Waals surface area contributed by atoms with Gasteiger partial charge in [-0.25, -0.2) is 0 Å². The van der Waals surface area contributed by atoms with Crippen LogP contribution in [0.15, 0.2) is 24.3 Å². The van der Waals surface area contributed by atoms with Crippen LogP contribution >= 0.6 is 0 Å². The summed E-state index contributed by atoms with van der Waals surface area (Å²) in [6.07, 6.45) is 2.31. The van der Waals surface area contributed by atoms with E-state index in [0.717, 1.165) is 26.2 Å². The Morgan fingerprint density at radius 2 is 2.12 bits per heavy atom. The van der Waals surface area contributed by atoms with E-state index in [0.29, 0.717) is 12.0 Å². The molecule has 0 aromatic heterocycles. The molecule has 17 heavy (non-hydrogen) atoms. The average Bonchev–Trinajstić information content (AvgIpc) is 2.85. The zero-order valence-corrected chi connectivity index (χ0v) is 10.9.